The second-order valence-corrected chi connectivity index (χ2v) is 6.50. The van der Waals surface area contributed by atoms with Crippen LogP contribution in [0.15, 0.2) is 23.1 Å². The summed E-state index contributed by atoms with van der Waals surface area (Å²) in [4.78, 5) is 13.5. The van der Waals surface area contributed by atoms with Crippen LogP contribution in [-0.2, 0) is 11.3 Å². The average molecular weight is 329 g/mol. The van der Waals surface area contributed by atoms with Gasteiger partial charge in [-0.1, -0.05) is 18.6 Å². The second-order valence-electron chi connectivity index (χ2n) is 5.66. The first-order valence-electron chi connectivity index (χ1n) is 7.27. The van der Waals surface area contributed by atoms with Gasteiger partial charge in [0.05, 0.1) is 0 Å². The Morgan fingerprint density at radius 3 is 2.86 bits per heavy atom. The average Bonchev–Trinajstić information content (AvgIpc) is 2.45. The summed E-state index contributed by atoms with van der Waals surface area (Å²) in [7, 11) is 0. The van der Waals surface area contributed by atoms with Crippen molar-refractivity contribution < 1.29 is 4.79 Å². The summed E-state index contributed by atoms with van der Waals surface area (Å²) in [5.41, 5.74) is 8.39. The molecule has 1 fully saturated rings. The summed E-state index contributed by atoms with van der Waals surface area (Å²) in [5, 5.41) is 3.08. The maximum absolute atomic E-state index is 12.2. The molecule has 1 aromatic carbocycles. The van der Waals surface area contributed by atoms with E-state index in [0.717, 1.165) is 25.7 Å². The van der Waals surface area contributed by atoms with Crippen LogP contribution in [0.5, 0.6) is 0 Å². The Labute approximate surface area is 137 Å². The zero-order chi connectivity index (χ0) is 14.5. The third-order valence-corrected chi connectivity index (χ3v) is 4.80. The van der Waals surface area contributed by atoms with Gasteiger partial charge in [0.15, 0.2) is 0 Å². The Morgan fingerprint density at radius 1 is 1.43 bits per heavy atom. The minimum atomic E-state index is 0. The van der Waals surface area contributed by atoms with E-state index in [1.165, 1.54) is 16.0 Å². The molecule has 0 heterocycles. The molecule has 0 aromatic heterocycles. The molecule has 21 heavy (non-hydrogen) atoms. The number of hydrogen-bond donors (Lipinski definition) is 2. The summed E-state index contributed by atoms with van der Waals surface area (Å²) in [6.45, 7) is 2.70. The lowest BCUT2D eigenvalue weighted by Crippen LogP contribution is -2.37. The fraction of sp³-hybridized carbons (Fsp3) is 0.562. The standard InChI is InChI=1S/C16H24N2OS.ClH/c1-11-6-7-13(15(8-11)20-2)10-18-16(19)12-4-3-5-14(17)9-12;/h6-8,12,14H,3-5,9-10,17H2,1-2H3,(H,18,19);1H. The van der Waals surface area contributed by atoms with Crippen LogP contribution >= 0.6 is 24.2 Å². The summed E-state index contributed by atoms with van der Waals surface area (Å²) < 4.78 is 0. The molecule has 2 unspecified atom stereocenters. The van der Waals surface area contributed by atoms with E-state index in [-0.39, 0.29) is 30.3 Å². The lowest BCUT2D eigenvalue weighted by Gasteiger charge is -2.25. The molecule has 5 heteroatoms. The number of carbonyl (C=O) groups is 1. The van der Waals surface area contributed by atoms with Gasteiger partial charge in [0, 0.05) is 23.4 Å². The lowest BCUT2D eigenvalue weighted by molar-refractivity contribution is -0.126. The van der Waals surface area contributed by atoms with Crippen LogP contribution in [-0.4, -0.2) is 18.2 Å². The summed E-state index contributed by atoms with van der Waals surface area (Å²) in [6, 6.07) is 6.56. The number of aryl methyl sites for hydroxylation is 1. The highest BCUT2D eigenvalue weighted by Crippen LogP contribution is 2.24. The first-order valence-corrected chi connectivity index (χ1v) is 8.49. The normalized spacial score (nSPS) is 21.5. The highest BCUT2D eigenvalue weighted by molar-refractivity contribution is 7.98. The number of rotatable bonds is 4. The Hall–Kier alpha value is -0.710. The highest BCUT2D eigenvalue weighted by Gasteiger charge is 2.25. The molecule has 2 rings (SSSR count). The second kappa shape index (κ2) is 8.66. The van der Waals surface area contributed by atoms with Crippen molar-refractivity contribution in [2.75, 3.05) is 6.26 Å². The quantitative estimate of drug-likeness (QED) is 0.834. The van der Waals surface area contributed by atoms with Gasteiger partial charge in [0.1, 0.15) is 0 Å². The minimum absolute atomic E-state index is 0. The number of nitrogens with one attached hydrogen (secondary N) is 1. The van der Waals surface area contributed by atoms with E-state index in [9.17, 15) is 4.79 Å². The van der Waals surface area contributed by atoms with Gasteiger partial charge in [-0.3, -0.25) is 4.79 Å². The molecule has 1 saturated carbocycles. The van der Waals surface area contributed by atoms with Crippen LogP contribution in [0.1, 0.15) is 36.8 Å². The fourth-order valence-corrected chi connectivity index (χ4v) is 3.50. The molecule has 118 valence electrons. The van der Waals surface area contributed by atoms with Crippen molar-refractivity contribution >= 4 is 30.1 Å². The number of amides is 1. The van der Waals surface area contributed by atoms with Crippen LogP contribution < -0.4 is 11.1 Å². The van der Waals surface area contributed by atoms with Crippen LogP contribution in [0, 0.1) is 12.8 Å². The molecule has 0 bridgehead atoms. The predicted octanol–water partition coefficient (Wildman–Crippen LogP) is 3.27. The number of thioether (sulfide) groups is 1. The van der Waals surface area contributed by atoms with Gasteiger partial charge in [-0.15, -0.1) is 24.2 Å². The van der Waals surface area contributed by atoms with Crippen molar-refractivity contribution in [3.05, 3.63) is 29.3 Å². The number of hydrogen-bond acceptors (Lipinski definition) is 3. The number of nitrogens with two attached hydrogens (primary N) is 1. The molecular weight excluding hydrogens is 304 g/mol. The van der Waals surface area contributed by atoms with Gasteiger partial charge in [-0.05, 0) is 49.6 Å². The molecule has 3 N–H and O–H groups in total. The Kier molecular flexibility index (Phi) is 7.57. The van der Waals surface area contributed by atoms with Crippen molar-refractivity contribution in [1.29, 1.82) is 0 Å². The van der Waals surface area contributed by atoms with Crippen molar-refractivity contribution in [3.63, 3.8) is 0 Å². The molecule has 1 aliphatic rings. The topological polar surface area (TPSA) is 55.1 Å². The molecule has 0 saturated heterocycles. The van der Waals surface area contributed by atoms with Crippen LogP contribution in [0.25, 0.3) is 0 Å². The Bertz CT molecular complexity index is 481. The van der Waals surface area contributed by atoms with E-state index >= 15 is 0 Å². The largest absolute Gasteiger partial charge is 0.352 e. The first-order chi connectivity index (χ1) is 9.60. The molecule has 0 aliphatic heterocycles. The molecular formula is C16H25ClN2OS. The van der Waals surface area contributed by atoms with E-state index in [2.05, 4.69) is 36.7 Å². The first kappa shape index (κ1) is 18.3. The molecule has 1 amide bonds. The van der Waals surface area contributed by atoms with E-state index in [0.29, 0.717) is 6.54 Å². The molecule has 0 radical (unpaired) electrons. The van der Waals surface area contributed by atoms with Gasteiger partial charge < -0.3 is 11.1 Å². The summed E-state index contributed by atoms with van der Waals surface area (Å²) >= 11 is 1.73. The van der Waals surface area contributed by atoms with E-state index in [1.807, 2.05) is 0 Å². The van der Waals surface area contributed by atoms with E-state index in [1.54, 1.807) is 11.8 Å². The lowest BCUT2D eigenvalue weighted by atomic mass is 9.85. The maximum atomic E-state index is 12.2. The van der Waals surface area contributed by atoms with Crippen molar-refractivity contribution in [3.8, 4) is 0 Å². The Morgan fingerprint density at radius 2 is 2.19 bits per heavy atom. The maximum Gasteiger partial charge on any atom is 0.223 e. The van der Waals surface area contributed by atoms with Crippen LogP contribution in [0.3, 0.4) is 0 Å². The third-order valence-electron chi connectivity index (χ3n) is 3.98. The van der Waals surface area contributed by atoms with Crippen molar-refractivity contribution in [2.45, 2.75) is 50.1 Å². The molecule has 1 aliphatic carbocycles. The van der Waals surface area contributed by atoms with Crippen molar-refractivity contribution in [1.82, 2.24) is 5.32 Å². The summed E-state index contributed by atoms with van der Waals surface area (Å²) in [6.07, 6.45) is 6.00. The van der Waals surface area contributed by atoms with E-state index < -0.39 is 0 Å². The number of halogens is 1. The highest BCUT2D eigenvalue weighted by atomic mass is 35.5. The monoisotopic (exact) mass is 328 g/mol. The molecule has 0 spiro atoms. The number of benzene rings is 1. The molecule has 1 aromatic rings. The summed E-state index contributed by atoms with van der Waals surface area (Å²) in [5.74, 6) is 0.259. The van der Waals surface area contributed by atoms with Crippen LogP contribution in [0.4, 0.5) is 0 Å². The Balaban J connectivity index is 0.00000220. The van der Waals surface area contributed by atoms with Gasteiger partial charge in [0.2, 0.25) is 5.91 Å². The van der Waals surface area contributed by atoms with Gasteiger partial charge in [0.25, 0.3) is 0 Å². The van der Waals surface area contributed by atoms with Gasteiger partial charge in [-0.2, -0.15) is 0 Å². The SMILES string of the molecule is CSc1cc(C)ccc1CNC(=O)C1CCCC(N)C1.Cl. The predicted molar refractivity (Wildman–Crippen MR) is 92.0 cm³/mol. The number of carbonyl (C=O) groups excluding carboxylic acids is 1. The van der Waals surface area contributed by atoms with Gasteiger partial charge >= 0.3 is 0 Å². The third kappa shape index (κ3) is 5.20. The zero-order valence-electron chi connectivity index (χ0n) is 12.7. The molecule has 3 nitrogen and oxygen atoms in total. The van der Waals surface area contributed by atoms with Crippen LogP contribution in [0.2, 0.25) is 0 Å². The fourth-order valence-electron chi connectivity index (χ4n) is 2.79. The minimum Gasteiger partial charge on any atom is -0.352 e. The van der Waals surface area contributed by atoms with Gasteiger partial charge in [-0.25, -0.2) is 0 Å². The van der Waals surface area contributed by atoms with Crippen molar-refractivity contribution in [2.24, 2.45) is 11.7 Å². The molecule has 2 atom stereocenters. The zero-order valence-corrected chi connectivity index (χ0v) is 14.4. The smallest absolute Gasteiger partial charge is 0.223 e. The van der Waals surface area contributed by atoms with E-state index in [4.69, 9.17) is 5.73 Å².